The molecule has 1 aliphatic heterocycles. The molecule has 1 amide bonds. The van der Waals surface area contributed by atoms with E-state index in [-0.39, 0.29) is 23.6 Å². The summed E-state index contributed by atoms with van der Waals surface area (Å²) in [4.78, 5) is 26.7. The minimum absolute atomic E-state index is 0.108. The van der Waals surface area contributed by atoms with Gasteiger partial charge < -0.3 is 15.3 Å². The summed E-state index contributed by atoms with van der Waals surface area (Å²) in [6, 6.07) is 3.13. The molecule has 0 bridgehead atoms. The Morgan fingerprint density at radius 2 is 2.14 bits per heavy atom. The van der Waals surface area contributed by atoms with E-state index >= 15 is 0 Å². The summed E-state index contributed by atoms with van der Waals surface area (Å²) in [6.45, 7) is 1.32. The molecule has 150 valence electrons. The molecule has 4 rings (SSSR count). The number of carbonyl (C=O) groups excluding carboxylic acids is 1. The van der Waals surface area contributed by atoms with Crippen LogP contribution in [0.5, 0.6) is 0 Å². The third-order valence-electron chi connectivity index (χ3n) is 5.75. The Bertz CT molecular complexity index is 865. The second-order valence-corrected chi connectivity index (χ2v) is 7.58. The zero-order valence-corrected chi connectivity index (χ0v) is 15.8. The molecule has 9 nitrogen and oxygen atoms in total. The predicted molar refractivity (Wildman–Crippen MR) is 103 cm³/mol. The molecule has 3 heterocycles. The number of nitrogens with zero attached hydrogens (tertiary/aromatic N) is 4. The number of hydrogen-bond acceptors (Lipinski definition) is 6. The lowest BCUT2D eigenvalue weighted by Gasteiger charge is -2.37. The van der Waals surface area contributed by atoms with Crippen LogP contribution >= 0.6 is 0 Å². The molecule has 3 N–H and O–H groups in total. The molecule has 1 aliphatic carbocycles. The molecule has 2 aromatic heterocycles. The van der Waals surface area contributed by atoms with E-state index in [4.69, 9.17) is 0 Å². The SMILES string of the molecule is O=C(NCC1CCCCN1c1ccc(=O)n(C2CCCC2O)n1)c1cn[nH]c1. The maximum atomic E-state index is 12.3. The van der Waals surface area contributed by atoms with Crippen molar-refractivity contribution in [3.05, 3.63) is 40.4 Å². The lowest BCUT2D eigenvalue weighted by Crippen LogP contribution is -2.48. The average molecular weight is 386 g/mol. The summed E-state index contributed by atoms with van der Waals surface area (Å²) in [5, 5.41) is 24.2. The van der Waals surface area contributed by atoms with E-state index in [2.05, 4.69) is 25.5 Å². The average Bonchev–Trinajstić information content (AvgIpc) is 3.39. The number of aromatic nitrogens is 4. The number of aliphatic hydroxyl groups is 1. The van der Waals surface area contributed by atoms with E-state index in [1.165, 1.54) is 16.9 Å². The topological polar surface area (TPSA) is 116 Å². The maximum Gasteiger partial charge on any atom is 0.267 e. The molecule has 2 aromatic rings. The van der Waals surface area contributed by atoms with Gasteiger partial charge in [-0.2, -0.15) is 10.2 Å². The summed E-state index contributed by atoms with van der Waals surface area (Å²) in [5.74, 6) is 0.562. The zero-order chi connectivity index (χ0) is 19.5. The highest BCUT2D eigenvalue weighted by atomic mass is 16.3. The van der Waals surface area contributed by atoms with Gasteiger partial charge in [-0.3, -0.25) is 14.7 Å². The van der Waals surface area contributed by atoms with Gasteiger partial charge in [0, 0.05) is 31.4 Å². The molecule has 2 aliphatic rings. The van der Waals surface area contributed by atoms with Crippen molar-refractivity contribution in [1.82, 2.24) is 25.3 Å². The van der Waals surface area contributed by atoms with E-state index in [9.17, 15) is 14.7 Å². The summed E-state index contributed by atoms with van der Waals surface area (Å²) in [7, 11) is 0. The van der Waals surface area contributed by atoms with Crippen molar-refractivity contribution in [1.29, 1.82) is 0 Å². The normalized spacial score (nSPS) is 25.0. The van der Waals surface area contributed by atoms with Gasteiger partial charge in [-0.05, 0) is 44.6 Å². The Hall–Kier alpha value is -2.68. The Morgan fingerprint density at radius 3 is 2.89 bits per heavy atom. The zero-order valence-electron chi connectivity index (χ0n) is 15.8. The van der Waals surface area contributed by atoms with Crippen LogP contribution in [0.15, 0.2) is 29.3 Å². The Balaban J connectivity index is 1.51. The van der Waals surface area contributed by atoms with E-state index in [0.29, 0.717) is 18.5 Å². The van der Waals surface area contributed by atoms with Crippen LogP contribution in [0, 0.1) is 0 Å². The van der Waals surface area contributed by atoms with Gasteiger partial charge in [0.15, 0.2) is 0 Å². The third-order valence-corrected chi connectivity index (χ3v) is 5.75. The van der Waals surface area contributed by atoms with Crippen LogP contribution in [0.25, 0.3) is 0 Å². The number of aromatic amines is 1. The van der Waals surface area contributed by atoms with Crippen LogP contribution in [0.1, 0.15) is 54.9 Å². The molecule has 2 fully saturated rings. The second kappa shape index (κ2) is 8.14. The number of rotatable bonds is 5. The number of anilines is 1. The van der Waals surface area contributed by atoms with E-state index in [0.717, 1.165) is 44.5 Å². The van der Waals surface area contributed by atoms with Crippen LogP contribution in [0.4, 0.5) is 5.82 Å². The van der Waals surface area contributed by atoms with Gasteiger partial charge >= 0.3 is 0 Å². The van der Waals surface area contributed by atoms with Crippen LogP contribution in [0.3, 0.4) is 0 Å². The maximum absolute atomic E-state index is 12.3. The van der Waals surface area contributed by atoms with E-state index in [1.807, 2.05) is 0 Å². The smallest absolute Gasteiger partial charge is 0.267 e. The molecule has 28 heavy (non-hydrogen) atoms. The molecule has 0 radical (unpaired) electrons. The highest BCUT2D eigenvalue weighted by Crippen LogP contribution is 2.29. The number of amides is 1. The standard InChI is InChI=1S/C19H26N6O3/c26-16-6-3-5-15(16)25-18(27)8-7-17(23-25)24-9-2-1-4-14(24)12-20-19(28)13-10-21-22-11-13/h7-8,10-11,14-16,26H,1-6,9,12H2,(H,20,28)(H,21,22). The van der Waals surface area contributed by atoms with Gasteiger partial charge in [0.05, 0.1) is 23.9 Å². The highest BCUT2D eigenvalue weighted by Gasteiger charge is 2.30. The molecule has 1 saturated carbocycles. The molecule has 0 aromatic carbocycles. The first-order valence-corrected chi connectivity index (χ1v) is 9.95. The minimum atomic E-state index is -0.521. The Labute approximate surface area is 162 Å². The third kappa shape index (κ3) is 3.80. The lowest BCUT2D eigenvalue weighted by atomic mass is 10.0. The molecule has 3 unspecified atom stereocenters. The number of hydrogen-bond donors (Lipinski definition) is 3. The summed E-state index contributed by atoms with van der Waals surface area (Å²) in [5.41, 5.74) is 0.320. The summed E-state index contributed by atoms with van der Waals surface area (Å²) < 4.78 is 1.45. The number of aliphatic hydroxyl groups excluding tert-OH is 1. The predicted octanol–water partition coefficient (Wildman–Crippen LogP) is 0.841. The van der Waals surface area contributed by atoms with Crippen LogP contribution in [-0.2, 0) is 0 Å². The Kier molecular flexibility index (Phi) is 5.43. The van der Waals surface area contributed by atoms with Gasteiger partial charge in [0.1, 0.15) is 5.82 Å². The lowest BCUT2D eigenvalue weighted by molar-refractivity contribution is 0.0949. The first-order valence-electron chi connectivity index (χ1n) is 9.95. The van der Waals surface area contributed by atoms with Crippen molar-refractivity contribution in [2.24, 2.45) is 0 Å². The van der Waals surface area contributed by atoms with Crippen molar-refractivity contribution < 1.29 is 9.90 Å². The monoisotopic (exact) mass is 386 g/mol. The molecule has 0 spiro atoms. The van der Waals surface area contributed by atoms with Gasteiger partial charge in [-0.15, -0.1) is 0 Å². The van der Waals surface area contributed by atoms with Crippen LogP contribution < -0.4 is 15.8 Å². The van der Waals surface area contributed by atoms with Crippen molar-refractivity contribution in [3.8, 4) is 0 Å². The molecule has 9 heteroatoms. The summed E-state index contributed by atoms with van der Waals surface area (Å²) >= 11 is 0. The fraction of sp³-hybridized carbons (Fsp3) is 0.579. The van der Waals surface area contributed by atoms with Crippen molar-refractivity contribution >= 4 is 11.7 Å². The number of H-pyrrole nitrogens is 1. The first-order chi connectivity index (χ1) is 13.6. The van der Waals surface area contributed by atoms with Crippen molar-refractivity contribution in [2.75, 3.05) is 18.0 Å². The van der Waals surface area contributed by atoms with Crippen LogP contribution in [0.2, 0.25) is 0 Å². The quantitative estimate of drug-likeness (QED) is 0.701. The second-order valence-electron chi connectivity index (χ2n) is 7.58. The molecular formula is C19H26N6O3. The van der Waals surface area contributed by atoms with Gasteiger partial charge in [-0.1, -0.05) is 0 Å². The summed E-state index contributed by atoms with van der Waals surface area (Å²) in [6.07, 6.45) is 7.98. The number of carbonyl (C=O) groups is 1. The Morgan fingerprint density at radius 1 is 1.25 bits per heavy atom. The number of piperidine rings is 1. The number of nitrogens with one attached hydrogen (secondary N) is 2. The highest BCUT2D eigenvalue weighted by molar-refractivity contribution is 5.93. The minimum Gasteiger partial charge on any atom is -0.391 e. The molecule has 1 saturated heterocycles. The van der Waals surface area contributed by atoms with Gasteiger partial charge in [-0.25, -0.2) is 4.68 Å². The van der Waals surface area contributed by atoms with Crippen molar-refractivity contribution in [3.63, 3.8) is 0 Å². The largest absolute Gasteiger partial charge is 0.391 e. The van der Waals surface area contributed by atoms with Crippen LogP contribution in [-0.4, -0.2) is 56.2 Å². The first kappa shape index (κ1) is 18.7. The molecule has 3 atom stereocenters. The van der Waals surface area contributed by atoms with Crippen molar-refractivity contribution in [2.45, 2.75) is 56.7 Å². The van der Waals surface area contributed by atoms with E-state index < -0.39 is 6.10 Å². The fourth-order valence-electron chi connectivity index (χ4n) is 4.21. The van der Waals surface area contributed by atoms with Gasteiger partial charge in [0.2, 0.25) is 0 Å². The van der Waals surface area contributed by atoms with E-state index in [1.54, 1.807) is 12.3 Å². The molecular weight excluding hydrogens is 360 g/mol. The fourth-order valence-corrected chi connectivity index (χ4v) is 4.21. The van der Waals surface area contributed by atoms with Gasteiger partial charge in [0.25, 0.3) is 11.5 Å².